The number of pyridine rings is 1. The highest BCUT2D eigenvalue weighted by Gasteiger charge is 2.28. The van der Waals surface area contributed by atoms with Crippen LogP contribution in [0.25, 0.3) is 5.65 Å². The number of hydrogen-bond acceptors (Lipinski definition) is 6. The number of anilines is 2. The Balaban J connectivity index is 1.73. The van der Waals surface area contributed by atoms with E-state index in [1.165, 1.54) is 7.11 Å². The van der Waals surface area contributed by atoms with Gasteiger partial charge in [0.15, 0.2) is 5.65 Å². The van der Waals surface area contributed by atoms with Crippen LogP contribution in [0, 0.1) is 0 Å². The highest BCUT2D eigenvalue weighted by molar-refractivity contribution is 8.24. The summed E-state index contributed by atoms with van der Waals surface area (Å²) in [6, 6.07) is 7.05. The quantitative estimate of drug-likeness (QED) is 0.653. The molecule has 0 saturated heterocycles. The highest BCUT2D eigenvalue weighted by Crippen LogP contribution is 2.56. The fourth-order valence-electron chi connectivity index (χ4n) is 2.77. The van der Waals surface area contributed by atoms with E-state index in [4.69, 9.17) is 16.3 Å². The van der Waals surface area contributed by atoms with Crippen molar-refractivity contribution in [3.63, 3.8) is 0 Å². The van der Waals surface area contributed by atoms with Gasteiger partial charge in [-0.25, -0.2) is 4.52 Å². The lowest BCUT2D eigenvalue weighted by molar-refractivity contribution is 0.414. The van der Waals surface area contributed by atoms with Crippen molar-refractivity contribution in [3.8, 4) is 5.75 Å². The number of benzene rings is 1. The molecule has 0 amide bonds. The minimum Gasteiger partial charge on any atom is -0.495 e. The van der Waals surface area contributed by atoms with E-state index in [1.54, 1.807) is 28.9 Å². The molecule has 4 rings (SSSR count). The minimum absolute atomic E-state index is 0.347. The molecule has 0 fully saturated rings. The van der Waals surface area contributed by atoms with E-state index in [1.807, 2.05) is 6.07 Å². The molecule has 1 aliphatic heterocycles. The van der Waals surface area contributed by atoms with Crippen molar-refractivity contribution in [2.75, 3.05) is 18.2 Å². The zero-order chi connectivity index (χ0) is 16.9. The summed E-state index contributed by atoms with van der Waals surface area (Å²) in [5.41, 5.74) is 2.23. The molecule has 1 aliphatic rings. The third-order valence-corrected chi connectivity index (χ3v) is 6.01. The summed E-state index contributed by atoms with van der Waals surface area (Å²) in [5.74, 6) is 1.26. The lowest BCUT2D eigenvalue weighted by Gasteiger charge is -2.27. The summed E-state index contributed by atoms with van der Waals surface area (Å²) < 4.78 is 27.1. The number of ether oxygens (including phenoxy) is 1. The molecule has 0 bridgehead atoms. The number of rotatable bonds is 3. The van der Waals surface area contributed by atoms with Gasteiger partial charge in [0, 0.05) is 18.0 Å². The molecule has 0 aliphatic carbocycles. The first-order valence-electron chi connectivity index (χ1n) is 7.22. The molecule has 126 valence electrons. The first-order valence-corrected chi connectivity index (χ1v) is 9.31. The molecule has 0 atom stereocenters. The standard InChI is InChI=1S/C15H15ClN4O3S/c1-23-12-7-13-9(4-5-24(13,21)22)6-11(12)17-15-18-14-3-2-10(16)8-20(14)19-15/h2-3,6-8,21-22H,4-5H2,1H3,(H,17,19). The van der Waals surface area contributed by atoms with Gasteiger partial charge < -0.3 is 10.1 Å². The first kappa shape index (κ1) is 15.5. The predicted molar refractivity (Wildman–Crippen MR) is 94.0 cm³/mol. The van der Waals surface area contributed by atoms with Crippen molar-refractivity contribution in [1.82, 2.24) is 14.6 Å². The van der Waals surface area contributed by atoms with Crippen LogP contribution in [0.5, 0.6) is 5.75 Å². The fourth-order valence-corrected chi connectivity index (χ4v) is 4.52. The number of hydrogen-bond donors (Lipinski definition) is 3. The van der Waals surface area contributed by atoms with Crippen molar-refractivity contribution >= 4 is 39.5 Å². The lowest BCUT2D eigenvalue weighted by Crippen LogP contribution is -2.00. The Bertz CT molecular complexity index is 944. The van der Waals surface area contributed by atoms with Gasteiger partial charge in [-0.2, -0.15) is 15.6 Å². The second-order valence-electron chi connectivity index (χ2n) is 5.49. The summed E-state index contributed by atoms with van der Waals surface area (Å²) in [6.45, 7) is 0. The maximum absolute atomic E-state index is 10.1. The number of aromatic nitrogens is 3. The Morgan fingerprint density at radius 1 is 1.33 bits per heavy atom. The second kappa shape index (κ2) is 5.52. The lowest BCUT2D eigenvalue weighted by atomic mass is 10.1. The number of halogens is 1. The van der Waals surface area contributed by atoms with Gasteiger partial charge in [-0.05, 0) is 30.2 Å². The molecule has 3 aromatic rings. The van der Waals surface area contributed by atoms with Gasteiger partial charge in [0.2, 0.25) is 5.95 Å². The van der Waals surface area contributed by atoms with Gasteiger partial charge in [-0.15, -0.1) is 5.10 Å². The zero-order valence-corrected chi connectivity index (χ0v) is 14.3. The molecule has 2 aromatic heterocycles. The third-order valence-electron chi connectivity index (χ3n) is 3.93. The average molecular weight is 367 g/mol. The maximum Gasteiger partial charge on any atom is 0.247 e. The molecule has 7 nitrogen and oxygen atoms in total. The van der Waals surface area contributed by atoms with Crippen LogP contribution in [-0.2, 0) is 6.42 Å². The van der Waals surface area contributed by atoms with Crippen LogP contribution in [0.1, 0.15) is 5.56 Å². The number of nitrogens with zero attached hydrogens (tertiary/aromatic N) is 3. The van der Waals surface area contributed by atoms with Crippen LogP contribution in [-0.4, -0.2) is 36.6 Å². The molecule has 9 heteroatoms. The van der Waals surface area contributed by atoms with Crippen LogP contribution in [0.3, 0.4) is 0 Å². The largest absolute Gasteiger partial charge is 0.495 e. The van der Waals surface area contributed by atoms with Gasteiger partial charge in [0.25, 0.3) is 0 Å². The molecule has 24 heavy (non-hydrogen) atoms. The van der Waals surface area contributed by atoms with Crippen LogP contribution < -0.4 is 10.1 Å². The molecule has 0 spiro atoms. The van der Waals surface area contributed by atoms with Gasteiger partial charge in [-0.3, -0.25) is 9.11 Å². The van der Waals surface area contributed by atoms with Crippen molar-refractivity contribution < 1.29 is 13.8 Å². The Morgan fingerprint density at radius 2 is 2.17 bits per heavy atom. The van der Waals surface area contributed by atoms with E-state index in [0.717, 1.165) is 5.56 Å². The first-order chi connectivity index (χ1) is 11.5. The topological polar surface area (TPSA) is 91.9 Å². The summed E-state index contributed by atoms with van der Waals surface area (Å²) in [5, 5.41) is 8.02. The summed E-state index contributed by atoms with van der Waals surface area (Å²) in [7, 11) is -1.18. The van der Waals surface area contributed by atoms with Crippen LogP contribution in [0.4, 0.5) is 11.6 Å². The van der Waals surface area contributed by atoms with Gasteiger partial charge in [0.05, 0.1) is 22.7 Å². The van der Waals surface area contributed by atoms with E-state index in [2.05, 4.69) is 15.4 Å². The monoisotopic (exact) mass is 366 g/mol. The SMILES string of the molecule is COc1cc2c(cc1Nc1nc3ccc(Cl)cn3n1)CCS2(O)O. The summed E-state index contributed by atoms with van der Waals surface area (Å²) in [6.07, 6.45) is 2.29. The van der Waals surface area contributed by atoms with E-state index in [0.29, 0.717) is 45.1 Å². The minimum atomic E-state index is -2.71. The molecule has 0 radical (unpaired) electrons. The van der Waals surface area contributed by atoms with E-state index >= 15 is 0 Å². The second-order valence-corrected chi connectivity index (χ2v) is 8.11. The molecular weight excluding hydrogens is 352 g/mol. The van der Waals surface area contributed by atoms with Crippen molar-refractivity contribution in [1.29, 1.82) is 0 Å². The molecule has 0 saturated carbocycles. The fraction of sp³-hybridized carbons (Fsp3) is 0.200. The normalized spacial score (nSPS) is 16.8. The van der Waals surface area contributed by atoms with Gasteiger partial charge >= 0.3 is 0 Å². The van der Waals surface area contributed by atoms with Crippen LogP contribution >= 0.6 is 22.2 Å². The Kier molecular flexibility index (Phi) is 3.57. The number of methoxy groups -OCH3 is 1. The van der Waals surface area contributed by atoms with E-state index in [9.17, 15) is 9.11 Å². The molecule has 3 N–H and O–H groups in total. The molecular formula is C15H15ClN4O3S. The van der Waals surface area contributed by atoms with E-state index in [-0.39, 0.29) is 0 Å². The molecule has 1 aromatic carbocycles. The highest BCUT2D eigenvalue weighted by atomic mass is 35.5. The van der Waals surface area contributed by atoms with Crippen molar-refractivity contribution in [2.24, 2.45) is 0 Å². The van der Waals surface area contributed by atoms with Crippen molar-refractivity contribution in [2.45, 2.75) is 11.3 Å². The Morgan fingerprint density at radius 3 is 2.96 bits per heavy atom. The Labute approximate surface area is 144 Å². The zero-order valence-electron chi connectivity index (χ0n) is 12.7. The maximum atomic E-state index is 10.1. The number of aryl methyl sites for hydroxylation is 1. The number of nitrogens with one attached hydrogen (secondary N) is 1. The third kappa shape index (κ3) is 2.57. The van der Waals surface area contributed by atoms with Crippen molar-refractivity contribution in [3.05, 3.63) is 41.0 Å². The predicted octanol–water partition coefficient (Wildman–Crippen LogP) is 3.80. The average Bonchev–Trinajstić information content (AvgIpc) is 3.06. The molecule has 3 heterocycles. The van der Waals surface area contributed by atoms with Crippen LogP contribution in [0.2, 0.25) is 5.02 Å². The number of fused-ring (bicyclic) bond motifs is 2. The van der Waals surface area contributed by atoms with E-state index < -0.39 is 10.6 Å². The van der Waals surface area contributed by atoms with Gasteiger partial charge in [0.1, 0.15) is 5.75 Å². The smallest absolute Gasteiger partial charge is 0.247 e. The Hall–Kier alpha value is -2.00. The van der Waals surface area contributed by atoms with Crippen LogP contribution in [0.15, 0.2) is 35.4 Å². The summed E-state index contributed by atoms with van der Waals surface area (Å²) in [4.78, 5) is 4.93. The summed E-state index contributed by atoms with van der Waals surface area (Å²) >= 11 is 5.95. The van der Waals surface area contributed by atoms with Gasteiger partial charge in [-0.1, -0.05) is 11.6 Å². The molecule has 0 unspecified atom stereocenters.